The van der Waals surface area contributed by atoms with Gasteiger partial charge in [0.1, 0.15) is 0 Å². The Morgan fingerprint density at radius 2 is 2.24 bits per heavy atom. The van der Waals surface area contributed by atoms with E-state index in [-0.39, 0.29) is 24.7 Å². The minimum absolute atomic E-state index is 0.0121. The van der Waals surface area contributed by atoms with Crippen molar-refractivity contribution in [3.63, 3.8) is 0 Å². The van der Waals surface area contributed by atoms with Crippen LogP contribution < -0.4 is 5.32 Å². The number of H-pyrrole nitrogens is 1. The molecule has 0 radical (unpaired) electrons. The van der Waals surface area contributed by atoms with Crippen LogP contribution in [0, 0.1) is 12.8 Å². The fraction of sp³-hybridized carbons (Fsp3) is 0.545. The van der Waals surface area contributed by atoms with E-state index in [0.29, 0.717) is 6.54 Å². The van der Waals surface area contributed by atoms with Crippen molar-refractivity contribution in [2.24, 2.45) is 5.92 Å². The van der Waals surface area contributed by atoms with E-state index in [1.165, 1.54) is 0 Å². The van der Waals surface area contributed by atoms with Crippen LogP contribution in [0.2, 0.25) is 0 Å². The molecule has 0 aromatic carbocycles. The molecule has 1 aromatic rings. The fourth-order valence-electron chi connectivity index (χ4n) is 1.51. The predicted octanol–water partition coefficient (Wildman–Crippen LogP) is 0.835. The van der Waals surface area contributed by atoms with Gasteiger partial charge in [-0.2, -0.15) is 5.10 Å². The van der Waals surface area contributed by atoms with Gasteiger partial charge < -0.3 is 10.4 Å². The number of carboxylic acid groups (broad SMARTS) is 1. The Hall–Kier alpha value is -1.85. The Balaban J connectivity index is 2.30. The molecule has 1 aromatic heterocycles. The number of hydrogen-bond donors (Lipinski definition) is 3. The molecule has 0 bridgehead atoms. The smallest absolute Gasteiger partial charge is 0.303 e. The molecule has 0 aliphatic carbocycles. The van der Waals surface area contributed by atoms with Crippen LogP contribution in [0.1, 0.15) is 31.0 Å². The minimum Gasteiger partial charge on any atom is -0.481 e. The molecule has 94 valence electrons. The van der Waals surface area contributed by atoms with Gasteiger partial charge >= 0.3 is 5.97 Å². The van der Waals surface area contributed by atoms with Crippen LogP contribution in [-0.2, 0) is 16.1 Å². The number of rotatable bonds is 6. The summed E-state index contributed by atoms with van der Waals surface area (Å²) >= 11 is 0. The van der Waals surface area contributed by atoms with Crippen LogP contribution in [0.15, 0.2) is 6.20 Å². The molecule has 0 saturated heterocycles. The number of carbonyl (C=O) groups excluding carboxylic acids is 1. The molecule has 1 amide bonds. The van der Waals surface area contributed by atoms with E-state index < -0.39 is 5.97 Å². The van der Waals surface area contributed by atoms with E-state index in [9.17, 15) is 9.59 Å². The quantitative estimate of drug-likeness (QED) is 0.685. The summed E-state index contributed by atoms with van der Waals surface area (Å²) in [7, 11) is 0. The molecule has 0 saturated carbocycles. The number of carboxylic acids is 1. The van der Waals surface area contributed by atoms with Crippen molar-refractivity contribution < 1.29 is 14.7 Å². The molecule has 1 heterocycles. The molecule has 0 fully saturated rings. The summed E-state index contributed by atoms with van der Waals surface area (Å²) in [6, 6.07) is 0. The molecular formula is C11H17N3O3. The van der Waals surface area contributed by atoms with Gasteiger partial charge in [-0.1, -0.05) is 6.92 Å². The van der Waals surface area contributed by atoms with Crippen molar-refractivity contribution in [2.45, 2.75) is 33.2 Å². The van der Waals surface area contributed by atoms with Crippen LogP contribution >= 0.6 is 0 Å². The van der Waals surface area contributed by atoms with Crippen molar-refractivity contribution in [2.75, 3.05) is 0 Å². The van der Waals surface area contributed by atoms with Gasteiger partial charge in [-0.25, -0.2) is 0 Å². The van der Waals surface area contributed by atoms with E-state index in [1.807, 2.05) is 6.92 Å². The third-order valence-electron chi connectivity index (χ3n) is 2.47. The second-order valence-corrected chi connectivity index (χ2v) is 4.20. The van der Waals surface area contributed by atoms with Gasteiger partial charge in [0.05, 0.1) is 6.20 Å². The summed E-state index contributed by atoms with van der Waals surface area (Å²) < 4.78 is 0. The predicted molar refractivity (Wildman–Crippen MR) is 61.2 cm³/mol. The highest BCUT2D eigenvalue weighted by molar-refractivity contribution is 5.77. The van der Waals surface area contributed by atoms with Crippen molar-refractivity contribution in [3.8, 4) is 0 Å². The number of aromatic amines is 1. The first kappa shape index (κ1) is 13.2. The Labute approximate surface area is 99.4 Å². The Kier molecular flexibility index (Phi) is 4.68. The number of amides is 1. The normalized spacial score (nSPS) is 12.1. The molecule has 6 heteroatoms. The summed E-state index contributed by atoms with van der Waals surface area (Å²) in [6.45, 7) is 4.04. The molecule has 3 N–H and O–H groups in total. The van der Waals surface area contributed by atoms with E-state index in [1.54, 1.807) is 13.1 Å². The zero-order chi connectivity index (χ0) is 12.8. The lowest BCUT2D eigenvalue weighted by Crippen LogP contribution is -2.25. The zero-order valence-electron chi connectivity index (χ0n) is 9.99. The molecule has 6 nitrogen and oxygen atoms in total. The van der Waals surface area contributed by atoms with Crippen molar-refractivity contribution >= 4 is 11.9 Å². The lowest BCUT2D eigenvalue weighted by atomic mass is 10.0. The lowest BCUT2D eigenvalue weighted by Gasteiger charge is -2.08. The number of carbonyl (C=O) groups is 2. The van der Waals surface area contributed by atoms with Crippen molar-refractivity contribution in [1.82, 2.24) is 15.5 Å². The number of aliphatic carboxylic acids is 1. The van der Waals surface area contributed by atoms with Gasteiger partial charge in [-0.05, 0) is 12.8 Å². The molecule has 17 heavy (non-hydrogen) atoms. The molecule has 0 spiro atoms. The van der Waals surface area contributed by atoms with E-state index in [0.717, 1.165) is 11.3 Å². The number of aromatic nitrogens is 2. The van der Waals surface area contributed by atoms with Gasteiger partial charge in [0, 0.05) is 30.6 Å². The standard InChI is InChI=1S/C11H17N3O3/c1-7(4-11(16)17)3-10(15)12-5-9-6-13-14-8(9)2/h6-7H,3-5H2,1-2H3,(H,12,15)(H,13,14)(H,16,17). The van der Waals surface area contributed by atoms with Crippen LogP contribution in [0.5, 0.6) is 0 Å². The molecule has 1 atom stereocenters. The topological polar surface area (TPSA) is 95.1 Å². The first-order valence-electron chi connectivity index (χ1n) is 5.46. The Morgan fingerprint density at radius 1 is 1.53 bits per heavy atom. The van der Waals surface area contributed by atoms with Crippen LogP contribution in [0.4, 0.5) is 0 Å². The number of hydrogen-bond acceptors (Lipinski definition) is 3. The fourth-order valence-corrected chi connectivity index (χ4v) is 1.51. The van der Waals surface area contributed by atoms with Gasteiger partial charge in [-0.15, -0.1) is 0 Å². The first-order valence-corrected chi connectivity index (χ1v) is 5.46. The highest BCUT2D eigenvalue weighted by Crippen LogP contribution is 2.07. The second kappa shape index (κ2) is 6.03. The van der Waals surface area contributed by atoms with Gasteiger partial charge in [0.25, 0.3) is 0 Å². The number of nitrogens with zero attached hydrogens (tertiary/aromatic N) is 1. The SMILES string of the molecule is Cc1[nH]ncc1CNC(=O)CC(C)CC(=O)O. The van der Waals surface area contributed by atoms with Gasteiger partial charge in [-0.3, -0.25) is 14.7 Å². The highest BCUT2D eigenvalue weighted by atomic mass is 16.4. The summed E-state index contributed by atoms with van der Waals surface area (Å²) in [5, 5.41) is 17.9. The van der Waals surface area contributed by atoms with Crippen LogP contribution in [0.25, 0.3) is 0 Å². The zero-order valence-corrected chi connectivity index (χ0v) is 9.99. The molecular weight excluding hydrogens is 222 g/mol. The van der Waals surface area contributed by atoms with Gasteiger partial charge in [0.2, 0.25) is 5.91 Å². The van der Waals surface area contributed by atoms with Crippen molar-refractivity contribution in [1.29, 1.82) is 0 Å². The number of nitrogens with one attached hydrogen (secondary N) is 2. The van der Waals surface area contributed by atoms with E-state index >= 15 is 0 Å². The van der Waals surface area contributed by atoms with E-state index in [4.69, 9.17) is 5.11 Å². The molecule has 1 rings (SSSR count). The third-order valence-corrected chi connectivity index (χ3v) is 2.47. The van der Waals surface area contributed by atoms with Crippen LogP contribution in [0.3, 0.4) is 0 Å². The molecule has 0 aliphatic rings. The molecule has 0 aliphatic heterocycles. The maximum atomic E-state index is 11.5. The summed E-state index contributed by atoms with van der Waals surface area (Å²) in [5.74, 6) is -1.17. The highest BCUT2D eigenvalue weighted by Gasteiger charge is 2.12. The van der Waals surface area contributed by atoms with Gasteiger partial charge in [0.15, 0.2) is 0 Å². The monoisotopic (exact) mass is 239 g/mol. The third kappa shape index (κ3) is 4.67. The average molecular weight is 239 g/mol. The second-order valence-electron chi connectivity index (χ2n) is 4.20. The first-order chi connectivity index (χ1) is 7.99. The Morgan fingerprint density at radius 3 is 2.76 bits per heavy atom. The summed E-state index contributed by atoms with van der Waals surface area (Å²) in [6.07, 6.45) is 1.90. The summed E-state index contributed by atoms with van der Waals surface area (Å²) in [4.78, 5) is 21.9. The maximum absolute atomic E-state index is 11.5. The van der Waals surface area contributed by atoms with E-state index in [2.05, 4.69) is 15.5 Å². The number of aryl methyl sites for hydroxylation is 1. The minimum atomic E-state index is -0.879. The Bertz CT molecular complexity index is 400. The largest absolute Gasteiger partial charge is 0.481 e. The average Bonchev–Trinajstić information content (AvgIpc) is 2.59. The molecule has 1 unspecified atom stereocenters. The maximum Gasteiger partial charge on any atom is 0.303 e. The van der Waals surface area contributed by atoms with Crippen molar-refractivity contribution in [3.05, 3.63) is 17.5 Å². The summed E-state index contributed by atoms with van der Waals surface area (Å²) in [5.41, 5.74) is 1.85. The lowest BCUT2D eigenvalue weighted by molar-refractivity contribution is -0.138. The van der Waals surface area contributed by atoms with Crippen LogP contribution in [-0.4, -0.2) is 27.2 Å².